The second-order valence-electron chi connectivity index (χ2n) is 6.28. The van der Waals surface area contributed by atoms with E-state index in [0.29, 0.717) is 22.9 Å². The molecule has 0 radical (unpaired) electrons. The molecule has 0 aliphatic heterocycles. The Labute approximate surface area is 180 Å². The number of anilines is 1. The van der Waals surface area contributed by atoms with Crippen molar-refractivity contribution in [3.05, 3.63) is 66.5 Å². The van der Waals surface area contributed by atoms with Gasteiger partial charge >= 0.3 is 0 Å². The third-order valence-corrected chi connectivity index (χ3v) is 4.29. The lowest BCUT2D eigenvalue weighted by Crippen LogP contribution is -2.20. The molecule has 0 atom stereocenters. The van der Waals surface area contributed by atoms with Crippen LogP contribution in [0.2, 0.25) is 0 Å². The Morgan fingerprint density at radius 3 is 2.52 bits per heavy atom. The average molecular weight is 415 g/mol. The van der Waals surface area contributed by atoms with Gasteiger partial charge in [-0.05, 0) is 35.9 Å². The predicted octanol–water partition coefficient (Wildman–Crippen LogP) is 3.91. The maximum Gasteiger partial charge on any atom is 0.243 e. The lowest BCUT2D eigenvalue weighted by molar-refractivity contribution is 0.355. The van der Waals surface area contributed by atoms with E-state index in [1.165, 1.54) is 4.90 Å². The summed E-state index contributed by atoms with van der Waals surface area (Å²) in [6, 6.07) is 12.2. The van der Waals surface area contributed by atoms with Gasteiger partial charge in [0.2, 0.25) is 5.95 Å². The quantitative estimate of drug-likeness (QED) is 0.335. The second kappa shape index (κ2) is 9.89. The molecule has 2 aromatic carbocycles. The monoisotopic (exact) mass is 415 g/mol. The number of aromatic hydroxyl groups is 1. The third-order valence-electron chi connectivity index (χ3n) is 4.29. The fourth-order valence-corrected chi connectivity index (χ4v) is 2.78. The van der Waals surface area contributed by atoms with Gasteiger partial charge in [0.15, 0.2) is 29.3 Å². The van der Waals surface area contributed by atoms with Crippen molar-refractivity contribution in [2.45, 2.75) is 0 Å². The number of para-hydroxylation sites is 1. The van der Waals surface area contributed by atoms with E-state index in [-0.39, 0.29) is 24.1 Å². The molecule has 0 bridgehead atoms. The molecule has 0 spiro atoms. The summed E-state index contributed by atoms with van der Waals surface area (Å²) in [6.45, 7) is 3.89. The fraction of sp³-hybridized carbons (Fsp3) is 0.130. The number of hydrogen-bond donors (Lipinski definition) is 1. The molecule has 3 aromatic rings. The molecule has 0 unspecified atom stereocenters. The Hall–Kier alpha value is -4.38. The highest BCUT2D eigenvalue weighted by molar-refractivity contribution is 5.71. The molecule has 156 valence electrons. The molecule has 0 saturated carbocycles. The minimum absolute atomic E-state index is 0.0294. The summed E-state index contributed by atoms with van der Waals surface area (Å²) in [7, 11) is 3.14. The summed E-state index contributed by atoms with van der Waals surface area (Å²) in [5.41, 5.74) is 1.27. The Kier molecular flexibility index (Phi) is 6.81. The van der Waals surface area contributed by atoms with Crippen molar-refractivity contribution in [1.82, 2.24) is 15.0 Å². The number of benzene rings is 2. The molecule has 0 amide bonds. The Balaban J connectivity index is 2.06. The first kappa shape index (κ1) is 21.3. The van der Waals surface area contributed by atoms with Gasteiger partial charge in [0, 0.05) is 0 Å². The lowest BCUT2D eigenvalue weighted by atomic mass is 10.1. The molecule has 8 heteroatoms. The van der Waals surface area contributed by atoms with Crippen molar-refractivity contribution in [3.8, 4) is 34.8 Å². The second-order valence-corrected chi connectivity index (χ2v) is 6.28. The largest absolute Gasteiger partial charge is 0.507 e. The van der Waals surface area contributed by atoms with Gasteiger partial charge in [-0.3, -0.25) is 0 Å². The van der Waals surface area contributed by atoms with Crippen LogP contribution < -0.4 is 14.4 Å². The number of rotatable bonds is 8. The topological polar surface area (TPSA) is 104 Å². The van der Waals surface area contributed by atoms with Crippen molar-refractivity contribution in [2.24, 2.45) is 0 Å². The molecule has 0 aliphatic rings. The van der Waals surface area contributed by atoms with Crippen LogP contribution in [-0.2, 0) is 0 Å². The zero-order valence-corrected chi connectivity index (χ0v) is 17.2. The molecule has 1 aromatic heterocycles. The van der Waals surface area contributed by atoms with Crippen LogP contribution in [0.25, 0.3) is 23.5 Å². The molecular weight excluding hydrogens is 394 g/mol. The fourth-order valence-electron chi connectivity index (χ4n) is 2.78. The lowest BCUT2D eigenvalue weighted by Gasteiger charge is -2.13. The standard InChI is InChI=1S/C23H21N5O3/c1-4-13-28(15-24)23-26-21(25-22(27-23)17-7-5-6-8-18(17)29)12-10-16-9-11-19(30-2)20(14-16)31-3/h4-12,14,29H,1,13H2,2-3H3/b12-10+. The highest BCUT2D eigenvalue weighted by Crippen LogP contribution is 2.29. The Morgan fingerprint density at radius 2 is 1.84 bits per heavy atom. The van der Waals surface area contributed by atoms with Crippen LogP contribution in [0.15, 0.2) is 55.1 Å². The maximum atomic E-state index is 10.2. The smallest absolute Gasteiger partial charge is 0.243 e. The van der Waals surface area contributed by atoms with Gasteiger partial charge in [0.25, 0.3) is 0 Å². The molecule has 0 aliphatic carbocycles. The first-order valence-electron chi connectivity index (χ1n) is 9.32. The molecule has 0 saturated heterocycles. The van der Waals surface area contributed by atoms with Crippen LogP contribution in [-0.4, -0.2) is 40.8 Å². The predicted molar refractivity (Wildman–Crippen MR) is 119 cm³/mol. The van der Waals surface area contributed by atoms with Crippen LogP contribution in [0, 0.1) is 11.5 Å². The van der Waals surface area contributed by atoms with Crippen molar-refractivity contribution < 1.29 is 14.6 Å². The first-order chi connectivity index (χ1) is 15.1. The Morgan fingerprint density at radius 1 is 1.06 bits per heavy atom. The minimum atomic E-state index is 0.0294. The Bertz CT molecular complexity index is 1150. The maximum absolute atomic E-state index is 10.2. The minimum Gasteiger partial charge on any atom is -0.507 e. The number of methoxy groups -OCH3 is 2. The zero-order valence-electron chi connectivity index (χ0n) is 17.2. The third kappa shape index (κ3) is 4.97. The van der Waals surface area contributed by atoms with Crippen LogP contribution in [0.4, 0.5) is 5.95 Å². The molecule has 31 heavy (non-hydrogen) atoms. The van der Waals surface area contributed by atoms with E-state index in [2.05, 4.69) is 21.5 Å². The molecule has 1 heterocycles. The number of phenols is 1. The number of ether oxygens (including phenoxy) is 2. The van der Waals surface area contributed by atoms with E-state index in [9.17, 15) is 10.4 Å². The van der Waals surface area contributed by atoms with Crippen molar-refractivity contribution in [1.29, 1.82) is 5.26 Å². The van der Waals surface area contributed by atoms with Crippen molar-refractivity contribution >= 4 is 18.1 Å². The van der Waals surface area contributed by atoms with Crippen molar-refractivity contribution in [3.63, 3.8) is 0 Å². The van der Waals surface area contributed by atoms with Crippen LogP contribution in [0.3, 0.4) is 0 Å². The zero-order chi connectivity index (χ0) is 22.2. The summed E-state index contributed by atoms with van der Waals surface area (Å²) in [5.74, 6) is 1.97. The first-order valence-corrected chi connectivity index (χ1v) is 9.32. The van der Waals surface area contributed by atoms with E-state index in [4.69, 9.17) is 9.47 Å². The van der Waals surface area contributed by atoms with Gasteiger partial charge in [-0.15, -0.1) is 6.58 Å². The van der Waals surface area contributed by atoms with E-state index in [1.807, 2.05) is 18.3 Å². The molecule has 8 nitrogen and oxygen atoms in total. The van der Waals surface area contributed by atoms with E-state index >= 15 is 0 Å². The number of phenolic OH excluding ortho intramolecular Hbond substituents is 1. The van der Waals surface area contributed by atoms with Crippen molar-refractivity contribution in [2.75, 3.05) is 25.7 Å². The molecule has 1 N–H and O–H groups in total. The van der Waals surface area contributed by atoms with E-state index in [0.717, 1.165) is 5.56 Å². The molecule has 0 fully saturated rings. The van der Waals surface area contributed by atoms with E-state index < -0.39 is 0 Å². The van der Waals surface area contributed by atoms with Gasteiger partial charge in [-0.2, -0.15) is 15.2 Å². The summed E-state index contributed by atoms with van der Waals surface area (Å²) in [5, 5.41) is 19.7. The van der Waals surface area contributed by atoms with E-state index in [1.54, 1.807) is 62.8 Å². The molecule has 3 rings (SSSR count). The summed E-state index contributed by atoms with van der Waals surface area (Å²) in [4.78, 5) is 14.5. The normalized spacial score (nSPS) is 10.5. The average Bonchev–Trinajstić information content (AvgIpc) is 2.81. The number of aromatic nitrogens is 3. The SMILES string of the molecule is C=CCN(C#N)c1nc(/C=C/c2ccc(OC)c(OC)c2)nc(-c2ccccc2O)n1. The van der Waals surface area contributed by atoms with Gasteiger partial charge in [-0.25, -0.2) is 9.88 Å². The number of hydrogen-bond acceptors (Lipinski definition) is 8. The van der Waals surface area contributed by atoms with Crippen LogP contribution in [0.1, 0.15) is 11.4 Å². The van der Waals surface area contributed by atoms with Crippen LogP contribution >= 0.6 is 0 Å². The van der Waals surface area contributed by atoms with Gasteiger partial charge in [-0.1, -0.05) is 30.4 Å². The highest BCUT2D eigenvalue weighted by atomic mass is 16.5. The number of nitriles is 1. The number of nitrogens with zero attached hydrogens (tertiary/aromatic N) is 5. The summed E-state index contributed by atoms with van der Waals surface area (Å²) < 4.78 is 10.6. The highest BCUT2D eigenvalue weighted by Gasteiger charge is 2.15. The van der Waals surface area contributed by atoms with Gasteiger partial charge in [0.05, 0.1) is 26.3 Å². The molecular formula is C23H21N5O3. The summed E-state index contributed by atoms with van der Waals surface area (Å²) >= 11 is 0. The van der Waals surface area contributed by atoms with Gasteiger partial charge < -0.3 is 14.6 Å². The van der Waals surface area contributed by atoms with Crippen LogP contribution in [0.5, 0.6) is 17.2 Å². The summed E-state index contributed by atoms with van der Waals surface area (Å²) in [6.07, 6.45) is 7.11. The van der Waals surface area contributed by atoms with Gasteiger partial charge in [0.1, 0.15) is 5.75 Å².